The normalized spacial score (nSPS) is 18.9. The molecule has 2 aromatic rings. The second-order valence-corrected chi connectivity index (χ2v) is 5.69. The predicted molar refractivity (Wildman–Crippen MR) is 83.4 cm³/mol. The van der Waals surface area contributed by atoms with E-state index in [0.29, 0.717) is 24.4 Å². The van der Waals surface area contributed by atoms with Gasteiger partial charge in [0.25, 0.3) is 0 Å². The van der Waals surface area contributed by atoms with Gasteiger partial charge in [0.15, 0.2) is 0 Å². The highest BCUT2D eigenvalue weighted by Crippen LogP contribution is 2.28. The van der Waals surface area contributed by atoms with E-state index in [-0.39, 0.29) is 17.9 Å². The van der Waals surface area contributed by atoms with Gasteiger partial charge < -0.3 is 19.7 Å². The fraction of sp³-hybridized carbons (Fsp3) is 0.353. The van der Waals surface area contributed by atoms with Crippen LogP contribution in [-0.2, 0) is 0 Å². The molecule has 2 atom stereocenters. The van der Waals surface area contributed by atoms with Crippen molar-refractivity contribution in [1.29, 1.82) is 0 Å². The highest BCUT2D eigenvalue weighted by atomic mass is 19.1. The molecule has 2 amide bonds. The molecule has 2 heterocycles. The van der Waals surface area contributed by atoms with E-state index >= 15 is 0 Å². The minimum atomic E-state index is -0.728. The van der Waals surface area contributed by atoms with E-state index in [0.717, 1.165) is 12.8 Å². The Balaban J connectivity index is 1.61. The number of aliphatic hydroxyl groups is 1. The van der Waals surface area contributed by atoms with Crippen LogP contribution in [0.2, 0.25) is 0 Å². The number of furan rings is 1. The van der Waals surface area contributed by atoms with Gasteiger partial charge in [0.1, 0.15) is 17.7 Å². The van der Waals surface area contributed by atoms with Gasteiger partial charge in [-0.25, -0.2) is 9.18 Å². The van der Waals surface area contributed by atoms with Gasteiger partial charge >= 0.3 is 6.03 Å². The average Bonchev–Trinajstić information content (AvgIpc) is 3.20. The molecule has 0 spiro atoms. The number of nitrogens with one attached hydrogen (secondary N) is 1. The van der Waals surface area contributed by atoms with Gasteiger partial charge in [-0.3, -0.25) is 0 Å². The number of anilines is 1. The number of likely N-dealkylation sites (tertiary alicyclic amines) is 1. The lowest BCUT2D eigenvalue weighted by Crippen LogP contribution is -2.39. The summed E-state index contributed by atoms with van der Waals surface area (Å²) in [6.07, 6.45) is 2.96. The molecule has 2 unspecified atom stereocenters. The predicted octanol–water partition coefficient (Wildman–Crippen LogP) is 3.54. The van der Waals surface area contributed by atoms with Gasteiger partial charge in [-0.1, -0.05) is 0 Å². The van der Waals surface area contributed by atoms with Crippen molar-refractivity contribution in [2.75, 3.05) is 11.9 Å². The van der Waals surface area contributed by atoms with Gasteiger partial charge in [0.2, 0.25) is 0 Å². The molecule has 0 aliphatic carbocycles. The van der Waals surface area contributed by atoms with Crippen LogP contribution >= 0.6 is 0 Å². The zero-order chi connectivity index (χ0) is 16.2. The zero-order valence-electron chi connectivity index (χ0n) is 12.6. The van der Waals surface area contributed by atoms with Crippen molar-refractivity contribution in [2.45, 2.75) is 31.4 Å². The topological polar surface area (TPSA) is 65.7 Å². The lowest BCUT2D eigenvalue weighted by Gasteiger charge is -2.26. The number of carbonyl (C=O) groups is 1. The van der Waals surface area contributed by atoms with Crippen LogP contribution in [0.25, 0.3) is 0 Å². The molecule has 0 bridgehead atoms. The lowest BCUT2D eigenvalue weighted by molar-refractivity contribution is 0.110. The molecule has 23 heavy (non-hydrogen) atoms. The first-order valence-electron chi connectivity index (χ1n) is 7.68. The molecular weight excluding hydrogens is 299 g/mol. The SMILES string of the molecule is O=C(Nc1ccc(F)cc1)N1CCCC1CC(O)c1ccco1. The smallest absolute Gasteiger partial charge is 0.322 e. The van der Waals surface area contributed by atoms with Crippen LogP contribution in [0, 0.1) is 5.82 Å². The number of urea groups is 1. The van der Waals surface area contributed by atoms with Crippen LogP contribution in [-0.4, -0.2) is 28.6 Å². The Morgan fingerprint density at radius 1 is 1.39 bits per heavy atom. The number of rotatable bonds is 4. The maximum Gasteiger partial charge on any atom is 0.322 e. The molecule has 1 saturated heterocycles. The minimum absolute atomic E-state index is 0.0458. The molecule has 3 rings (SSSR count). The van der Waals surface area contributed by atoms with Crippen LogP contribution in [0.15, 0.2) is 47.1 Å². The largest absolute Gasteiger partial charge is 0.467 e. The number of amides is 2. The molecule has 1 aliphatic rings. The third-order valence-electron chi connectivity index (χ3n) is 4.10. The summed E-state index contributed by atoms with van der Waals surface area (Å²) in [6.45, 7) is 0.641. The molecule has 1 fully saturated rings. The lowest BCUT2D eigenvalue weighted by atomic mass is 10.1. The van der Waals surface area contributed by atoms with E-state index in [9.17, 15) is 14.3 Å². The van der Waals surface area contributed by atoms with Crippen molar-refractivity contribution in [3.63, 3.8) is 0 Å². The van der Waals surface area contributed by atoms with Gasteiger partial charge in [-0.2, -0.15) is 0 Å². The third-order valence-corrected chi connectivity index (χ3v) is 4.10. The van der Waals surface area contributed by atoms with Crippen molar-refractivity contribution in [1.82, 2.24) is 4.90 Å². The summed E-state index contributed by atoms with van der Waals surface area (Å²) in [6, 6.07) is 8.83. The van der Waals surface area contributed by atoms with Crippen molar-refractivity contribution < 1.29 is 18.7 Å². The maximum atomic E-state index is 12.9. The summed E-state index contributed by atoms with van der Waals surface area (Å²) in [7, 11) is 0. The molecule has 0 saturated carbocycles. The molecule has 0 radical (unpaired) electrons. The fourth-order valence-electron chi connectivity index (χ4n) is 2.93. The quantitative estimate of drug-likeness (QED) is 0.906. The summed E-state index contributed by atoms with van der Waals surface area (Å²) < 4.78 is 18.1. The van der Waals surface area contributed by atoms with Crippen molar-refractivity contribution in [3.8, 4) is 0 Å². The van der Waals surface area contributed by atoms with Crippen molar-refractivity contribution in [3.05, 3.63) is 54.2 Å². The van der Waals surface area contributed by atoms with Gasteiger partial charge in [-0.15, -0.1) is 0 Å². The Morgan fingerprint density at radius 2 is 2.17 bits per heavy atom. The van der Waals surface area contributed by atoms with E-state index in [1.54, 1.807) is 17.0 Å². The molecular formula is C17H19FN2O3. The second-order valence-electron chi connectivity index (χ2n) is 5.69. The maximum absolute atomic E-state index is 12.9. The second kappa shape index (κ2) is 6.83. The Labute approximate surface area is 133 Å². The van der Waals surface area contributed by atoms with E-state index in [4.69, 9.17) is 4.42 Å². The number of carbonyl (C=O) groups excluding carboxylic acids is 1. The standard InChI is InChI=1S/C17H19FN2O3/c18-12-5-7-13(8-6-12)19-17(22)20-9-1-3-14(20)11-15(21)16-4-2-10-23-16/h2,4-8,10,14-15,21H,1,3,9,11H2,(H,19,22). The molecule has 1 aromatic carbocycles. The first kappa shape index (κ1) is 15.6. The zero-order valence-corrected chi connectivity index (χ0v) is 12.6. The number of nitrogens with zero attached hydrogens (tertiary/aromatic N) is 1. The molecule has 1 aliphatic heterocycles. The average molecular weight is 318 g/mol. The minimum Gasteiger partial charge on any atom is -0.467 e. The van der Waals surface area contributed by atoms with Crippen LogP contribution in [0.4, 0.5) is 14.9 Å². The van der Waals surface area contributed by atoms with Crippen LogP contribution in [0.5, 0.6) is 0 Å². The number of hydrogen-bond acceptors (Lipinski definition) is 3. The van der Waals surface area contributed by atoms with Crippen LogP contribution in [0.1, 0.15) is 31.1 Å². The number of aliphatic hydroxyl groups excluding tert-OH is 1. The number of benzene rings is 1. The summed E-state index contributed by atoms with van der Waals surface area (Å²) in [5.74, 6) is 0.166. The monoisotopic (exact) mass is 318 g/mol. The molecule has 122 valence electrons. The Kier molecular flexibility index (Phi) is 4.62. The Bertz CT molecular complexity index is 642. The molecule has 2 N–H and O–H groups in total. The van der Waals surface area contributed by atoms with Gasteiger partial charge in [-0.05, 0) is 49.2 Å². The molecule has 5 nitrogen and oxygen atoms in total. The highest BCUT2D eigenvalue weighted by Gasteiger charge is 2.31. The highest BCUT2D eigenvalue weighted by molar-refractivity contribution is 5.89. The summed E-state index contributed by atoms with van der Waals surface area (Å²) in [4.78, 5) is 14.1. The molecule has 6 heteroatoms. The Morgan fingerprint density at radius 3 is 2.87 bits per heavy atom. The van der Waals surface area contributed by atoms with Crippen LogP contribution < -0.4 is 5.32 Å². The Hall–Kier alpha value is -2.34. The first-order chi connectivity index (χ1) is 11.1. The van der Waals surface area contributed by atoms with E-state index in [1.807, 2.05) is 0 Å². The van der Waals surface area contributed by atoms with Gasteiger partial charge in [0, 0.05) is 24.7 Å². The summed E-state index contributed by atoms with van der Waals surface area (Å²) in [5, 5.41) is 13.0. The van der Waals surface area contributed by atoms with Gasteiger partial charge in [0.05, 0.1) is 6.26 Å². The van der Waals surface area contributed by atoms with Crippen molar-refractivity contribution in [2.24, 2.45) is 0 Å². The van der Waals surface area contributed by atoms with Crippen LogP contribution in [0.3, 0.4) is 0 Å². The van der Waals surface area contributed by atoms with E-state index in [1.165, 1.54) is 30.5 Å². The fourth-order valence-corrected chi connectivity index (χ4v) is 2.93. The number of hydrogen-bond donors (Lipinski definition) is 2. The summed E-state index contributed by atoms with van der Waals surface area (Å²) >= 11 is 0. The number of halogens is 1. The first-order valence-corrected chi connectivity index (χ1v) is 7.68. The van der Waals surface area contributed by atoms with Crippen molar-refractivity contribution >= 4 is 11.7 Å². The third kappa shape index (κ3) is 3.71. The molecule has 1 aromatic heterocycles. The summed E-state index contributed by atoms with van der Waals surface area (Å²) in [5.41, 5.74) is 0.550. The van der Waals surface area contributed by atoms with E-state index < -0.39 is 6.10 Å². The van der Waals surface area contributed by atoms with E-state index in [2.05, 4.69) is 5.32 Å².